The number of nitrogens with zero attached hydrogens (tertiary/aromatic N) is 2. The van der Waals surface area contributed by atoms with Crippen LogP contribution < -0.4 is 16.5 Å². The minimum absolute atomic E-state index is 0. The summed E-state index contributed by atoms with van der Waals surface area (Å²) in [4.78, 5) is 31.3. The first-order valence-corrected chi connectivity index (χ1v) is 7.53. The van der Waals surface area contributed by atoms with Gasteiger partial charge >= 0.3 is 0 Å². The van der Waals surface area contributed by atoms with Gasteiger partial charge in [0, 0.05) is 23.5 Å². The number of aliphatic hydroxyl groups excluding tert-OH is 1. The fraction of sp³-hybridized carbons (Fsp3) is 0.222. The Morgan fingerprint density at radius 2 is 1.67 bits per heavy atom. The molecule has 2 atom stereocenters. The van der Waals surface area contributed by atoms with Crippen LogP contribution in [0.1, 0.15) is 35.8 Å². The van der Waals surface area contributed by atoms with Gasteiger partial charge in [0.25, 0.3) is 11.8 Å². The third kappa shape index (κ3) is 6.07. The number of rotatable bonds is 4. The van der Waals surface area contributed by atoms with Crippen molar-refractivity contribution in [3.63, 3.8) is 0 Å². The topological polar surface area (TPSA) is 150 Å². The number of carbonyl (C=O) groups excluding carboxylic acids is 2. The largest absolute Gasteiger partial charge is 0.391 e. The average Bonchev–Trinajstić information content (AvgIpc) is 2.65. The number of aromatic nitrogens is 2. The van der Waals surface area contributed by atoms with Gasteiger partial charge in [0.15, 0.2) is 0 Å². The molecular weight excluding hydrogens is 350 g/mol. The van der Waals surface area contributed by atoms with Crippen LogP contribution in [0.4, 0.5) is 5.95 Å². The predicted molar refractivity (Wildman–Crippen MR) is 98.5 cm³/mol. The quantitative estimate of drug-likeness (QED) is 0.290. The molecule has 0 spiro atoms. The zero-order chi connectivity index (χ0) is 19.1. The maximum absolute atomic E-state index is 12.2. The molecule has 2 aromatic rings. The van der Waals surface area contributed by atoms with Gasteiger partial charge in [0.05, 0.1) is 11.7 Å². The summed E-state index contributed by atoms with van der Waals surface area (Å²) in [6.07, 6.45) is 1.82. The van der Waals surface area contributed by atoms with Crippen LogP contribution in [-0.4, -0.2) is 44.2 Å². The maximum atomic E-state index is 12.2. The van der Waals surface area contributed by atoms with E-state index in [0.717, 1.165) is 0 Å². The summed E-state index contributed by atoms with van der Waals surface area (Å²) < 4.78 is 0. The van der Waals surface area contributed by atoms with Gasteiger partial charge in [0.1, 0.15) is 6.04 Å². The molecule has 1 heterocycles. The minimum atomic E-state index is -1.28. The molecule has 0 unspecified atom stereocenters. The van der Waals surface area contributed by atoms with Crippen LogP contribution in [0, 0.1) is 11.8 Å². The number of nitrogens with one attached hydrogen (secondary N) is 2. The van der Waals surface area contributed by atoms with Crippen molar-refractivity contribution >= 4 is 17.8 Å². The van der Waals surface area contributed by atoms with Crippen molar-refractivity contribution in [2.75, 3.05) is 5.73 Å². The molecule has 0 aliphatic rings. The van der Waals surface area contributed by atoms with Gasteiger partial charge in [-0.25, -0.2) is 15.4 Å². The number of hydrogen-bond donors (Lipinski definition) is 5. The predicted octanol–water partition coefficient (Wildman–Crippen LogP) is 0.0793. The van der Waals surface area contributed by atoms with E-state index in [4.69, 9.17) is 10.9 Å². The molecule has 9 nitrogen and oxygen atoms in total. The number of hydrogen-bond acceptors (Lipinski definition) is 7. The van der Waals surface area contributed by atoms with E-state index in [9.17, 15) is 14.7 Å². The van der Waals surface area contributed by atoms with Gasteiger partial charge in [-0.15, -0.1) is 0 Å². The molecule has 0 fully saturated rings. The molecule has 2 amide bonds. The van der Waals surface area contributed by atoms with Gasteiger partial charge in [-0.2, -0.15) is 0 Å². The lowest BCUT2D eigenvalue weighted by Crippen LogP contribution is -2.51. The summed E-state index contributed by atoms with van der Waals surface area (Å²) >= 11 is 0. The van der Waals surface area contributed by atoms with Gasteiger partial charge in [-0.1, -0.05) is 19.3 Å². The zero-order valence-electron chi connectivity index (χ0n) is 13.8. The first-order valence-electron chi connectivity index (χ1n) is 7.53. The zero-order valence-corrected chi connectivity index (χ0v) is 13.8. The van der Waals surface area contributed by atoms with Crippen LogP contribution in [-0.2, 0) is 4.79 Å². The molecule has 6 N–H and O–H groups in total. The molecule has 9 heteroatoms. The van der Waals surface area contributed by atoms with E-state index < -0.39 is 24.0 Å². The Bertz CT molecular complexity index is 839. The number of nitrogen functional groups attached to an aromatic ring is 1. The molecule has 0 aliphatic heterocycles. The Kier molecular flexibility index (Phi) is 7.88. The smallest absolute Gasteiger partial charge is 0.268 e. The molecule has 27 heavy (non-hydrogen) atoms. The molecule has 0 saturated heterocycles. The van der Waals surface area contributed by atoms with Crippen LogP contribution in [0.5, 0.6) is 0 Å². The van der Waals surface area contributed by atoms with Gasteiger partial charge < -0.3 is 16.2 Å². The van der Waals surface area contributed by atoms with E-state index in [0.29, 0.717) is 11.1 Å². The third-order valence-corrected chi connectivity index (χ3v) is 3.33. The summed E-state index contributed by atoms with van der Waals surface area (Å²) in [5, 5.41) is 20.5. The van der Waals surface area contributed by atoms with E-state index in [1.54, 1.807) is 12.1 Å². The number of amides is 2. The van der Waals surface area contributed by atoms with Crippen molar-refractivity contribution in [3.05, 3.63) is 53.3 Å². The summed E-state index contributed by atoms with van der Waals surface area (Å²) in [6, 6.07) is 5.02. The second-order valence-electron chi connectivity index (χ2n) is 5.33. The summed E-state index contributed by atoms with van der Waals surface area (Å²) in [5.74, 6) is 4.43. The third-order valence-electron chi connectivity index (χ3n) is 3.33. The first kappa shape index (κ1) is 21.6. The van der Waals surface area contributed by atoms with E-state index in [-0.39, 0.29) is 18.9 Å². The van der Waals surface area contributed by atoms with Crippen LogP contribution in [0.15, 0.2) is 36.7 Å². The van der Waals surface area contributed by atoms with Crippen LogP contribution in [0.2, 0.25) is 0 Å². The van der Waals surface area contributed by atoms with Gasteiger partial charge in [-0.3, -0.25) is 14.8 Å². The molecule has 142 valence electrons. The van der Waals surface area contributed by atoms with Crippen molar-refractivity contribution in [2.24, 2.45) is 0 Å². The highest BCUT2D eigenvalue weighted by molar-refractivity contribution is 5.97. The number of hydroxylamine groups is 1. The van der Waals surface area contributed by atoms with Crippen LogP contribution >= 0.6 is 0 Å². The Morgan fingerprint density at radius 3 is 2.19 bits per heavy atom. The second-order valence-corrected chi connectivity index (χ2v) is 5.33. The lowest BCUT2D eigenvalue weighted by atomic mass is 10.1. The first-order chi connectivity index (χ1) is 12.4. The second kappa shape index (κ2) is 9.86. The Balaban J connectivity index is 0.00000364. The molecule has 1 aromatic heterocycles. The highest BCUT2D eigenvalue weighted by Crippen LogP contribution is 2.05. The van der Waals surface area contributed by atoms with Crippen molar-refractivity contribution in [1.82, 2.24) is 20.8 Å². The molecule has 2 rings (SSSR count). The fourth-order valence-electron chi connectivity index (χ4n) is 1.95. The van der Waals surface area contributed by atoms with Crippen molar-refractivity contribution in [3.8, 4) is 11.8 Å². The molecule has 1 aromatic carbocycles. The Hall–Kier alpha value is -3.48. The Labute approximate surface area is 156 Å². The molecule has 0 saturated carbocycles. The minimum Gasteiger partial charge on any atom is -0.391 e. The highest BCUT2D eigenvalue weighted by atomic mass is 16.5. The summed E-state index contributed by atoms with van der Waals surface area (Å²) in [7, 11) is 0. The number of carbonyl (C=O) groups is 2. The van der Waals surface area contributed by atoms with E-state index in [1.165, 1.54) is 36.9 Å². The molecule has 0 aliphatic carbocycles. The molecule has 0 bridgehead atoms. The van der Waals surface area contributed by atoms with Gasteiger partial charge in [-0.05, 0) is 31.2 Å². The number of anilines is 1. The number of aliphatic hydroxyl groups is 1. The lowest BCUT2D eigenvalue weighted by Gasteiger charge is -2.19. The fourth-order valence-corrected chi connectivity index (χ4v) is 1.95. The van der Waals surface area contributed by atoms with E-state index in [2.05, 4.69) is 27.1 Å². The maximum Gasteiger partial charge on any atom is 0.268 e. The molecular formula is C18H21N5O4. The normalized spacial score (nSPS) is 11.8. The van der Waals surface area contributed by atoms with Crippen molar-refractivity contribution < 1.29 is 19.9 Å². The lowest BCUT2D eigenvalue weighted by molar-refractivity contribution is -0.133. The standard InChI is InChI=1S/C17H17N5O4.CH4/c1-10(23)14(16(25)22-26)21-15(24)13-6-4-11(5-7-13)2-3-12-8-19-17(18)20-9-12;/h4-10,14,23,26H,1H3,(H,21,24)(H,22,25)(H2,18,19,20);1H4/t10-,14+;/m1./s1. The summed E-state index contributed by atoms with van der Waals surface area (Å²) in [6.45, 7) is 1.32. The van der Waals surface area contributed by atoms with Crippen molar-refractivity contribution in [2.45, 2.75) is 26.5 Å². The van der Waals surface area contributed by atoms with Gasteiger partial charge in [0.2, 0.25) is 5.95 Å². The monoisotopic (exact) mass is 371 g/mol. The number of nitrogens with two attached hydrogens (primary N) is 1. The highest BCUT2D eigenvalue weighted by Gasteiger charge is 2.25. The average molecular weight is 371 g/mol. The number of benzene rings is 1. The van der Waals surface area contributed by atoms with E-state index in [1.807, 2.05) is 0 Å². The molecule has 0 radical (unpaired) electrons. The van der Waals surface area contributed by atoms with Crippen molar-refractivity contribution in [1.29, 1.82) is 0 Å². The van der Waals surface area contributed by atoms with Crippen LogP contribution in [0.25, 0.3) is 0 Å². The van der Waals surface area contributed by atoms with Crippen LogP contribution in [0.3, 0.4) is 0 Å². The summed E-state index contributed by atoms with van der Waals surface area (Å²) in [5.41, 5.74) is 8.31. The SMILES string of the molecule is C.C[C@@H](O)[C@H](NC(=O)c1ccc(C#Cc2cnc(N)nc2)cc1)C(=O)NO. The Morgan fingerprint density at radius 1 is 1.11 bits per heavy atom. The van der Waals surface area contributed by atoms with E-state index >= 15 is 0 Å².